The zero-order valence-corrected chi connectivity index (χ0v) is 12.5. The lowest BCUT2D eigenvalue weighted by atomic mass is 9.68. The molecule has 1 aromatic carbocycles. The molecule has 0 N–H and O–H groups in total. The average Bonchev–Trinajstić information content (AvgIpc) is 2.78. The van der Waals surface area contributed by atoms with Crippen molar-refractivity contribution in [1.29, 1.82) is 5.26 Å². The third-order valence-electron chi connectivity index (χ3n) is 4.93. The van der Waals surface area contributed by atoms with Crippen molar-refractivity contribution < 1.29 is 4.74 Å². The van der Waals surface area contributed by atoms with Crippen molar-refractivity contribution in [1.82, 2.24) is 0 Å². The molecular formula is C18H23NO. The van der Waals surface area contributed by atoms with Crippen LogP contribution in [0.5, 0.6) is 0 Å². The van der Waals surface area contributed by atoms with Crippen LogP contribution >= 0.6 is 0 Å². The third-order valence-corrected chi connectivity index (χ3v) is 4.93. The number of nitrogens with zero attached hydrogens (tertiary/aromatic N) is 1. The Morgan fingerprint density at radius 2 is 2.10 bits per heavy atom. The van der Waals surface area contributed by atoms with Gasteiger partial charge in [-0.05, 0) is 63.5 Å². The fraction of sp³-hybridized carbons (Fsp3) is 0.611. The Morgan fingerprint density at radius 3 is 2.80 bits per heavy atom. The summed E-state index contributed by atoms with van der Waals surface area (Å²) in [5, 5.41) is 9.87. The minimum Gasteiger partial charge on any atom is -0.372 e. The Bertz CT molecular complexity index is 543. The molecule has 1 fully saturated rings. The second-order valence-corrected chi connectivity index (χ2v) is 6.95. The van der Waals surface area contributed by atoms with Crippen molar-refractivity contribution in [3.8, 4) is 6.07 Å². The highest BCUT2D eigenvalue weighted by atomic mass is 16.5. The van der Waals surface area contributed by atoms with Crippen LogP contribution in [-0.4, -0.2) is 11.7 Å². The monoisotopic (exact) mass is 269 g/mol. The maximum Gasteiger partial charge on any atom is 0.0849 e. The Hall–Kier alpha value is -1.33. The van der Waals surface area contributed by atoms with E-state index in [1.54, 1.807) is 0 Å². The van der Waals surface area contributed by atoms with Gasteiger partial charge in [-0.3, -0.25) is 0 Å². The summed E-state index contributed by atoms with van der Waals surface area (Å²) in [6, 6.07) is 11.1. The summed E-state index contributed by atoms with van der Waals surface area (Å²) in [7, 11) is 0. The number of hydrogen-bond acceptors (Lipinski definition) is 2. The van der Waals surface area contributed by atoms with Gasteiger partial charge >= 0.3 is 0 Å². The second kappa shape index (κ2) is 4.90. The number of hydrogen-bond donors (Lipinski definition) is 0. The topological polar surface area (TPSA) is 33.0 Å². The van der Waals surface area contributed by atoms with Crippen LogP contribution in [-0.2, 0) is 16.6 Å². The first-order chi connectivity index (χ1) is 9.55. The van der Waals surface area contributed by atoms with E-state index in [0.29, 0.717) is 0 Å². The van der Waals surface area contributed by atoms with Gasteiger partial charge in [-0.2, -0.15) is 5.26 Å². The van der Waals surface area contributed by atoms with Crippen LogP contribution in [0, 0.1) is 11.3 Å². The molecule has 0 amide bonds. The molecule has 2 atom stereocenters. The van der Waals surface area contributed by atoms with Crippen molar-refractivity contribution in [3.05, 3.63) is 35.4 Å². The highest BCUT2D eigenvalue weighted by Crippen LogP contribution is 2.44. The number of rotatable bonds is 2. The molecule has 2 unspecified atom stereocenters. The van der Waals surface area contributed by atoms with Crippen molar-refractivity contribution in [2.45, 2.75) is 69.5 Å². The molecule has 2 nitrogen and oxygen atoms in total. The average molecular weight is 269 g/mol. The minimum absolute atomic E-state index is 0.0184. The van der Waals surface area contributed by atoms with Gasteiger partial charge in [-0.25, -0.2) is 0 Å². The molecule has 1 aromatic rings. The molecule has 2 heteroatoms. The highest BCUT2D eigenvalue weighted by molar-refractivity contribution is 5.41. The van der Waals surface area contributed by atoms with Gasteiger partial charge < -0.3 is 4.74 Å². The Balaban J connectivity index is 1.88. The molecule has 1 saturated heterocycles. The quantitative estimate of drug-likeness (QED) is 0.808. The molecule has 1 aliphatic carbocycles. The number of ether oxygens (including phenoxy) is 1. The molecule has 3 rings (SSSR count). The molecule has 0 bridgehead atoms. The van der Waals surface area contributed by atoms with Crippen molar-refractivity contribution in [3.63, 3.8) is 0 Å². The van der Waals surface area contributed by atoms with Gasteiger partial charge in [0.15, 0.2) is 0 Å². The van der Waals surface area contributed by atoms with Crippen LogP contribution in [0.15, 0.2) is 24.3 Å². The molecule has 1 aliphatic heterocycles. The SMILES string of the molecule is CC1(C)CCC(CC2(C#N)CCCc3ccccc32)O1. The predicted octanol–water partition coefficient (Wildman–Crippen LogP) is 4.13. The van der Waals surface area contributed by atoms with E-state index in [2.05, 4.69) is 44.2 Å². The van der Waals surface area contributed by atoms with E-state index >= 15 is 0 Å². The molecule has 0 saturated carbocycles. The smallest absolute Gasteiger partial charge is 0.0849 e. The highest BCUT2D eigenvalue weighted by Gasteiger charge is 2.42. The fourth-order valence-corrected chi connectivity index (χ4v) is 3.90. The normalized spacial score (nSPS) is 31.6. The van der Waals surface area contributed by atoms with E-state index in [-0.39, 0.29) is 17.1 Å². The summed E-state index contributed by atoms with van der Waals surface area (Å²) >= 11 is 0. The van der Waals surface area contributed by atoms with Crippen LogP contribution in [0.25, 0.3) is 0 Å². The van der Waals surface area contributed by atoms with Crippen molar-refractivity contribution in [2.75, 3.05) is 0 Å². The zero-order valence-electron chi connectivity index (χ0n) is 12.5. The summed E-state index contributed by atoms with van der Waals surface area (Å²) < 4.78 is 6.14. The van der Waals surface area contributed by atoms with E-state index < -0.39 is 0 Å². The van der Waals surface area contributed by atoms with Gasteiger partial charge in [0.1, 0.15) is 0 Å². The number of benzene rings is 1. The second-order valence-electron chi connectivity index (χ2n) is 6.95. The van der Waals surface area contributed by atoms with Crippen LogP contribution in [0.4, 0.5) is 0 Å². The van der Waals surface area contributed by atoms with Gasteiger partial charge in [0.25, 0.3) is 0 Å². The molecule has 0 aromatic heterocycles. The lowest BCUT2D eigenvalue weighted by molar-refractivity contribution is -0.0252. The van der Waals surface area contributed by atoms with E-state index in [1.165, 1.54) is 11.1 Å². The number of fused-ring (bicyclic) bond motifs is 1. The summed E-state index contributed by atoms with van der Waals surface area (Å²) in [5.74, 6) is 0. The summed E-state index contributed by atoms with van der Waals surface area (Å²) in [5.41, 5.74) is 2.26. The van der Waals surface area contributed by atoms with Crippen molar-refractivity contribution in [2.24, 2.45) is 0 Å². The summed E-state index contributed by atoms with van der Waals surface area (Å²) in [4.78, 5) is 0. The van der Waals surface area contributed by atoms with Crippen LogP contribution < -0.4 is 0 Å². The van der Waals surface area contributed by atoms with Gasteiger partial charge in [-0.1, -0.05) is 24.3 Å². The first-order valence-electron chi connectivity index (χ1n) is 7.72. The lowest BCUT2D eigenvalue weighted by Gasteiger charge is -2.35. The first-order valence-corrected chi connectivity index (χ1v) is 7.72. The van der Waals surface area contributed by atoms with Crippen molar-refractivity contribution >= 4 is 0 Å². The molecule has 106 valence electrons. The first kappa shape index (κ1) is 13.6. The van der Waals surface area contributed by atoms with E-state index in [9.17, 15) is 5.26 Å². The molecule has 0 spiro atoms. The van der Waals surface area contributed by atoms with E-state index in [0.717, 1.165) is 38.5 Å². The third kappa shape index (κ3) is 2.36. The van der Waals surface area contributed by atoms with Crippen LogP contribution in [0.3, 0.4) is 0 Å². The number of aryl methyl sites for hydroxylation is 1. The van der Waals surface area contributed by atoms with Gasteiger partial charge in [0, 0.05) is 0 Å². The lowest BCUT2D eigenvalue weighted by Crippen LogP contribution is -2.34. The minimum atomic E-state index is -0.333. The molecular weight excluding hydrogens is 246 g/mol. The van der Waals surface area contributed by atoms with E-state index in [1.807, 2.05) is 0 Å². The summed E-state index contributed by atoms with van der Waals surface area (Å²) in [6.07, 6.45) is 6.46. The predicted molar refractivity (Wildman–Crippen MR) is 79.5 cm³/mol. The Morgan fingerprint density at radius 1 is 1.30 bits per heavy atom. The largest absolute Gasteiger partial charge is 0.372 e. The standard InChI is InChI=1S/C18H23NO/c1-17(2)11-9-15(20-17)12-18(13-19)10-5-7-14-6-3-4-8-16(14)18/h3-4,6,8,15H,5,7,9-12H2,1-2H3. The van der Waals surface area contributed by atoms with Gasteiger partial charge in [0.2, 0.25) is 0 Å². The van der Waals surface area contributed by atoms with Gasteiger partial charge in [0.05, 0.1) is 23.2 Å². The maximum atomic E-state index is 9.87. The van der Waals surface area contributed by atoms with Gasteiger partial charge in [-0.15, -0.1) is 0 Å². The van der Waals surface area contributed by atoms with Crippen LogP contribution in [0.1, 0.15) is 57.1 Å². The van der Waals surface area contributed by atoms with E-state index in [4.69, 9.17) is 4.74 Å². The molecule has 1 heterocycles. The zero-order chi connectivity index (χ0) is 14.2. The Kier molecular flexibility index (Phi) is 3.34. The molecule has 2 aliphatic rings. The molecule has 0 radical (unpaired) electrons. The maximum absolute atomic E-state index is 9.87. The molecule has 20 heavy (non-hydrogen) atoms. The fourth-order valence-electron chi connectivity index (χ4n) is 3.90. The summed E-state index contributed by atoms with van der Waals surface area (Å²) in [6.45, 7) is 4.31. The Labute approximate surface area is 121 Å². The van der Waals surface area contributed by atoms with Crippen LogP contribution in [0.2, 0.25) is 0 Å². The number of nitriles is 1.